The smallest absolute Gasteiger partial charge is 0.335 e. The van der Waals surface area contributed by atoms with Gasteiger partial charge in [0.15, 0.2) is 0 Å². The zero-order valence-electron chi connectivity index (χ0n) is 22.3. The fraction of sp³-hybridized carbons (Fsp3) is 0.303. The minimum atomic E-state index is -0.954. The topological polar surface area (TPSA) is 92.9 Å². The van der Waals surface area contributed by atoms with Gasteiger partial charge in [-0.15, -0.1) is 0 Å². The number of nitrogens with one attached hydrogen (secondary N) is 1. The standard InChI is InChI=1S/C33H31N3O4/c37-32(34-19-24-17-23-16-22(33(38)39)11-13-27(23)35-24)21-10-12-25-28(18-21)36-14-15-40-29-9-5-4-8-26(29)31(36)30(25)20-6-2-1-3-7-20/h4-5,8-13,16,18,20H,1-3,6-7,14-15,17,19H2,(H,34,37)(H,38,39). The van der Waals surface area contributed by atoms with Crippen LogP contribution in [-0.4, -0.2) is 40.4 Å². The Morgan fingerprint density at radius 2 is 1.82 bits per heavy atom. The number of aromatic nitrogens is 1. The van der Waals surface area contributed by atoms with E-state index in [0.717, 1.165) is 40.3 Å². The van der Waals surface area contributed by atoms with Crippen molar-refractivity contribution in [1.29, 1.82) is 0 Å². The first-order valence-corrected chi connectivity index (χ1v) is 14.2. The molecule has 0 atom stereocenters. The molecule has 2 N–H and O–H groups in total. The SMILES string of the molecule is O=C(O)c1ccc2c(c1)CC(CNC(=O)c1ccc3c(C4CCCCC4)c4n(c3c1)CCOc1ccccc1-4)=N2. The second kappa shape index (κ2) is 9.97. The molecule has 3 heterocycles. The zero-order valence-corrected chi connectivity index (χ0v) is 22.3. The second-order valence-electron chi connectivity index (χ2n) is 11.0. The summed E-state index contributed by atoms with van der Waals surface area (Å²) in [6.45, 7) is 1.62. The van der Waals surface area contributed by atoms with Gasteiger partial charge in [-0.25, -0.2) is 4.79 Å². The quantitative estimate of drug-likeness (QED) is 0.306. The lowest BCUT2D eigenvalue weighted by Gasteiger charge is -2.23. The van der Waals surface area contributed by atoms with Crippen molar-refractivity contribution in [2.24, 2.45) is 4.99 Å². The number of benzene rings is 3. The molecule has 1 saturated carbocycles. The van der Waals surface area contributed by atoms with Crippen LogP contribution in [0.1, 0.15) is 69.9 Å². The number of fused-ring (bicyclic) bond motifs is 6. The molecule has 7 heteroatoms. The predicted octanol–water partition coefficient (Wildman–Crippen LogP) is 6.51. The van der Waals surface area contributed by atoms with Crippen LogP contribution in [0.2, 0.25) is 0 Å². The fourth-order valence-corrected chi connectivity index (χ4v) is 6.66. The van der Waals surface area contributed by atoms with Crippen molar-refractivity contribution in [2.75, 3.05) is 13.2 Å². The zero-order chi connectivity index (χ0) is 27.2. The molecule has 40 heavy (non-hydrogen) atoms. The third-order valence-electron chi connectivity index (χ3n) is 8.55. The first-order chi connectivity index (χ1) is 19.6. The highest BCUT2D eigenvalue weighted by Crippen LogP contribution is 2.47. The van der Waals surface area contributed by atoms with E-state index in [4.69, 9.17) is 4.74 Å². The van der Waals surface area contributed by atoms with Gasteiger partial charge in [0.2, 0.25) is 0 Å². The molecule has 7 nitrogen and oxygen atoms in total. The Morgan fingerprint density at radius 3 is 2.67 bits per heavy atom. The van der Waals surface area contributed by atoms with Gasteiger partial charge in [0.25, 0.3) is 5.91 Å². The molecule has 0 bridgehead atoms. The maximum absolute atomic E-state index is 13.3. The fourth-order valence-electron chi connectivity index (χ4n) is 6.66. The summed E-state index contributed by atoms with van der Waals surface area (Å²) < 4.78 is 8.52. The van der Waals surface area contributed by atoms with E-state index in [1.807, 2.05) is 18.2 Å². The van der Waals surface area contributed by atoms with Crippen molar-refractivity contribution in [3.63, 3.8) is 0 Å². The van der Waals surface area contributed by atoms with Gasteiger partial charge in [-0.3, -0.25) is 9.79 Å². The molecule has 0 radical (unpaired) electrons. The molecule has 0 saturated heterocycles. The monoisotopic (exact) mass is 533 g/mol. The van der Waals surface area contributed by atoms with E-state index >= 15 is 0 Å². The number of carbonyl (C=O) groups is 2. The lowest BCUT2D eigenvalue weighted by atomic mass is 9.81. The Kier molecular flexibility index (Phi) is 6.14. The first-order valence-electron chi connectivity index (χ1n) is 14.2. The number of aromatic carboxylic acids is 1. The van der Waals surface area contributed by atoms with E-state index in [0.29, 0.717) is 31.1 Å². The van der Waals surface area contributed by atoms with E-state index in [9.17, 15) is 14.7 Å². The van der Waals surface area contributed by atoms with Crippen molar-refractivity contribution in [3.8, 4) is 17.0 Å². The van der Waals surface area contributed by atoms with Gasteiger partial charge in [0, 0.05) is 34.2 Å². The minimum absolute atomic E-state index is 0.146. The molecule has 7 rings (SSSR count). The Balaban J connectivity index is 1.20. The third-order valence-corrected chi connectivity index (χ3v) is 8.55. The van der Waals surface area contributed by atoms with Crippen molar-refractivity contribution >= 4 is 34.2 Å². The summed E-state index contributed by atoms with van der Waals surface area (Å²) in [6, 6.07) is 19.4. The number of carbonyl (C=O) groups excluding carboxylic acids is 1. The highest BCUT2D eigenvalue weighted by molar-refractivity contribution is 6.04. The van der Waals surface area contributed by atoms with Crippen LogP contribution in [0.25, 0.3) is 22.2 Å². The molecule has 1 fully saturated rings. The van der Waals surface area contributed by atoms with Gasteiger partial charge in [0.1, 0.15) is 12.4 Å². The van der Waals surface area contributed by atoms with Gasteiger partial charge < -0.3 is 19.7 Å². The first kappa shape index (κ1) is 24.6. The number of amides is 1. The van der Waals surface area contributed by atoms with Crippen LogP contribution in [0.3, 0.4) is 0 Å². The van der Waals surface area contributed by atoms with Gasteiger partial charge in [-0.2, -0.15) is 0 Å². The molecular weight excluding hydrogens is 502 g/mol. The van der Waals surface area contributed by atoms with Gasteiger partial charge in [-0.1, -0.05) is 37.5 Å². The molecular formula is C33H31N3O4. The summed E-state index contributed by atoms with van der Waals surface area (Å²) in [4.78, 5) is 29.2. The number of carboxylic acids is 1. The second-order valence-corrected chi connectivity index (χ2v) is 11.0. The molecule has 3 aromatic carbocycles. The van der Waals surface area contributed by atoms with Gasteiger partial charge in [0.05, 0.1) is 30.0 Å². The number of rotatable bonds is 5. The highest BCUT2D eigenvalue weighted by Gasteiger charge is 2.29. The summed E-state index contributed by atoms with van der Waals surface area (Å²) in [7, 11) is 0. The molecule has 0 spiro atoms. The molecule has 4 aromatic rings. The van der Waals surface area contributed by atoms with Gasteiger partial charge >= 0.3 is 5.97 Å². The van der Waals surface area contributed by atoms with Crippen molar-refractivity contribution in [1.82, 2.24) is 9.88 Å². The van der Waals surface area contributed by atoms with E-state index in [1.54, 1.807) is 18.2 Å². The summed E-state index contributed by atoms with van der Waals surface area (Å²) in [5.41, 5.74) is 8.18. The molecule has 1 amide bonds. The van der Waals surface area contributed by atoms with Crippen LogP contribution < -0.4 is 10.1 Å². The van der Waals surface area contributed by atoms with Crippen LogP contribution >= 0.6 is 0 Å². The Hall–Kier alpha value is -4.39. The number of hydrogen-bond acceptors (Lipinski definition) is 4. The lowest BCUT2D eigenvalue weighted by molar-refractivity contribution is 0.0696. The number of carboxylic acid groups (broad SMARTS) is 1. The maximum Gasteiger partial charge on any atom is 0.335 e. The van der Waals surface area contributed by atoms with Gasteiger partial charge in [-0.05, 0) is 72.4 Å². The lowest BCUT2D eigenvalue weighted by Crippen LogP contribution is -2.29. The van der Waals surface area contributed by atoms with Crippen LogP contribution in [0, 0.1) is 0 Å². The van der Waals surface area contributed by atoms with Crippen molar-refractivity contribution < 1.29 is 19.4 Å². The van der Waals surface area contributed by atoms with Crippen LogP contribution in [0.4, 0.5) is 5.69 Å². The predicted molar refractivity (Wildman–Crippen MR) is 155 cm³/mol. The summed E-state index contributed by atoms with van der Waals surface area (Å²) >= 11 is 0. The van der Waals surface area contributed by atoms with Crippen LogP contribution in [0.5, 0.6) is 5.75 Å². The van der Waals surface area contributed by atoms with Crippen LogP contribution in [0.15, 0.2) is 65.7 Å². The van der Waals surface area contributed by atoms with E-state index < -0.39 is 5.97 Å². The molecule has 1 aliphatic carbocycles. The molecule has 0 unspecified atom stereocenters. The minimum Gasteiger partial charge on any atom is -0.491 e. The average Bonchev–Trinajstić information content (AvgIpc) is 3.48. The molecule has 202 valence electrons. The van der Waals surface area contributed by atoms with Crippen molar-refractivity contribution in [3.05, 3.63) is 82.9 Å². The summed E-state index contributed by atoms with van der Waals surface area (Å²) in [5.74, 6) is 0.326. The third kappa shape index (κ3) is 4.26. The molecule has 1 aromatic heterocycles. The highest BCUT2D eigenvalue weighted by atomic mass is 16.5. The largest absolute Gasteiger partial charge is 0.491 e. The van der Waals surface area contributed by atoms with E-state index in [2.05, 4.69) is 39.1 Å². The normalized spacial score (nSPS) is 16.4. The number of aliphatic imine (C=N–C) groups is 1. The Morgan fingerprint density at radius 1 is 1.00 bits per heavy atom. The number of hydrogen-bond donors (Lipinski definition) is 2. The number of para-hydroxylation sites is 1. The molecule has 3 aliphatic rings. The summed E-state index contributed by atoms with van der Waals surface area (Å²) in [6.07, 6.45) is 6.71. The number of ether oxygens (including phenoxy) is 1. The Bertz CT molecular complexity index is 1690. The maximum atomic E-state index is 13.3. The van der Waals surface area contributed by atoms with Crippen LogP contribution in [-0.2, 0) is 13.0 Å². The van der Waals surface area contributed by atoms with E-state index in [-0.39, 0.29) is 11.5 Å². The molecule has 2 aliphatic heterocycles. The Labute approximate surface area is 232 Å². The van der Waals surface area contributed by atoms with E-state index in [1.165, 1.54) is 48.7 Å². The average molecular weight is 534 g/mol. The number of nitrogens with zero attached hydrogens (tertiary/aromatic N) is 2. The van der Waals surface area contributed by atoms with Crippen molar-refractivity contribution in [2.45, 2.75) is 51.0 Å². The summed E-state index contributed by atoms with van der Waals surface area (Å²) in [5, 5.41) is 13.5.